The van der Waals surface area contributed by atoms with E-state index in [1.54, 1.807) is 38.3 Å². The van der Waals surface area contributed by atoms with Crippen molar-refractivity contribution in [1.29, 1.82) is 0 Å². The van der Waals surface area contributed by atoms with Gasteiger partial charge in [-0.25, -0.2) is 4.68 Å². The first kappa shape index (κ1) is 19.5. The van der Waals surface area contributed by atoms with Gasteiger partial charge in [-0.1, -0.05) is 17.3 Å². The minimum atomic E-state index is 0.591. The molecule has 1 aromatic heterocycles. The number of hydrogen-bond acceptors (Lipinski definition) is 6. The SMILES string of the molecule is CCN(CC)c1ccc(-c2cnnn2-c2cc(OC)c(OC)cc2OC)cc1. The molecule has 3 aromatic rings. The Balaban J connectivity index is 2.05. The predicted molar refractivity (Wildman–Crippen MR) is 110 cm³/mol. The van der Waals surface area contributed by atoms with Gasteiger partial charge in [0.05, 0.1) is 33.2 Å². The third-order valence-electron chi connectivity index (χ3n) is 4.75. The molecule has 7 nitrogen and oxygen atoms in total. The van der Waals surface area contributed by atoms with Crippen molar-refractivity contribution >= 4 is 5.69 Å². The average Bonchev–Trinajstić information content (AvgIpc) is 3.23. The number of hydrogen-bond donors (Lipinski definition) is 0. The molecule has 2 aromatic carbocycles. The summed E-state index contributed by atoms with van der Waals surface area (Å²) in [6, 6.07) is 12.0. The molecule has 0 unspecified atom stereocenters. The van der Waals surface area contributed by atoms with Crippen LogP contribution in [-0.4, -0.2) is 49.4 Å². The maximum atomic E-state index is 5.55. The van der Waals surface area contributed by atoms with Crippen LogP contribution in [0.25, 0.3) is 16.9 Å². The molecule has 0 aliphatic heterocycles. The lowest BCUT2D eigenvalue weighted by Crippen LogP contribution is -2.21. The normalized spacial score (nSPS) is 10.6. The van der Waals surface area contributed by atoms with Gasteiger partial charge in [-0.15, -0.1) is 5.10 Å². The first-order valence-corrected chi connectivity index (χ1v) is 9.23. The number of aromatic nitrogens is 3. The molecule has 0 bridgehead atoms. The highest BCUT2D eigenvalue weighted by Gasteiger charge is 2.17. The summed E-state index contributed by atoms with van der Waals surface area (Å²) in [6.07, 6.45) is 1.74. The number of nitrogens with zero attached hydrogens (tertiary/aromatic N) is 4. The van der Waals surface area contributed by atoms with Crippen LogP contribution >= 0.6 is 0 Å². The van der Waals surface area contributed by atoms with Gasteiger partial charge in [0.25, 0.3) is 0 Å². The zero-order chi connectivity index (χ0) is 20.1. The van der Waals surface area contributed by atoms with Gasteiger partial charge in [-0.05, 0) is 26.0 Å². The summed E-state index contributed by atoms with van der Waals surface area (Å²) < 4.78 is 18.1. The second-order valence-electron chi connectivity index (χ2n) is 6.13. The summed E-state index contributed by atoms with van der Waals surface area (Å²) in [7, 11) is 4.80. The Hall–Kier alpha value is -3.22. The maximum absolute atomic E-state index is 5.55. The second kappa shape index (κ2) is 8.65. The molecule has 0 radical (unpaired) electrons. The van der Waals surface area contributed by atoms with E-state index < -0.39 is 0 Å². The van der Waals surface area contributed by atoms with Crippen LogP contribution in [0.1, 0.15) is 13.8 Å². The van der Waals surface area contributed by atoms with Crippen LogP contribution in [0.2, 0.25) is 0 Å². The van der Waals surface area contributed by atoms with Crippen molar-refractivity contribution in [3.63, 3.8) is 0 Å². The molecule has 148 valence electrons. The van der Waals surface area contributed by atoms with E-state index in [4.69, 9.17) is 14.2 Å². The highest BCUT2D eigenvalue weighted by molar-refractivity contribution is 5.67. The second-order valence-corrected chi connectivity index (χ2v) is 6.13. The summed E-state index contributed by atoms with van der Waals surface area (Å²) in [5.41, 5.74) is 3.78. The number of rotatable bonds is 8. The maximum Gasteiger partial charge on any atom is 0.164 e. The summed E-state index contributed by atoms with van der Waals surface area (Å²) in [6.45, 7) is 6.25. The zero-order valence-electron chi connectivity index (χ0n) is 17.0. The molecule has 0 N–H and O–H groups in total. The first-order chi connectivity index (χ1) is 13.7. The van der Waals surface area contributed by atoms with Crippen LogP contribution in [0, 0.1) is 0 Å². The summed E-state index contributed by atoms with van der Waals surface area (Å²) in [5, 5.41) is 8.39. The van der Waals surface area contributed by atoms with Gasteiger partial charge < -0.3 is 19.1 Å². The van der Waals surface area contributed by atoms with Gasteiger partial charge in [0.2, 0.25) is 0 Å². The van der Waals surface area contributed by atoms with Gasteiger partial charge >= 0.3 is 0 Å². The average molecular weight is 382 g/mol. The van der Waals surface area contributed by atoms with Crippen molar-refractivity contribution in [2.24, 2.45) is 0 Å². The van der Waals surface area contributed by atoms with E-state index in [1.165, 1.54) is 5.69 Å². The summed E-state index contributed by atoms with van der Waals surface area (Å²) in [4.78, 5) is 2.30. The van der Waals surface area contributed by atoms with E-state index in [0.717, 1.165) is 30.0 Å². The molecular weight excluding hydrogens is 356 g/mol. The van der Waals surface area contributed by atoms with Crippen molar-refractivity contribution in [2.75, 3.05) is 39.3 Å². The Morgan fingerprint density at radius 3 is 2.04 bits per heavy atom. The molecule has 0 atom stereocenters. The van der Waals surface area contributed by atoms with Crippen LogP contribution < -0.4 is 19.1 Å². The smallest absolute Gasteiger partial charge is 0.164 e. The van der Waals surface area contributed by atoms with Gasteiger partial charge in [0.15, 0.2) is 11.5 Å². The van der Waals surface area contributed by atoms with Crippen LogP contribution in [-0.2, 0) is 0 Å². The number of anilines is 1. The van der Waals surface area contributed by atoms with E-state index >= 15 is 0 Å². The van der Waals surface area contributed by atoms with Crippen molar-refractivity contribution in [1.82, 2.24) is 15.0 Å². The molecule has 28 heavy (non-hydrogen) atoms. The highest BCUT2D eigenvalue weighted by atomic mass is 16.5. The molecule has 7 heteroatoms. The highest BCUT2D eigenvalue weighted by Crippen LogP contribution is 2.38. The molecule has 3 rings (SSSR count). The fourth-order valence-electron chi connectivity index (χ4n) is 3.22. The molecule has 0 saturated heterocycles. The van der Waals surface area contributed by atoms with E-state index in [0.29, 0.717) is 17.2 Å². The quantitative estimate of drug-likeness (QED) is 0.590. The van der Waals surface area contributed by atoms with Crippen LogP contribution in [0.4, 0.5) is 5.69 Å². The monoisotopic (exact) mass is 382 g/mol. The lowest BCUT2D eigenvalue weighted by atomic mass is 10.1. The molecule has 0 fully saturated rings. The molecule has 0 spiro atoms. The molecule has 0 aliphatic carbocycles. The van der Waals surface area contributed by atoms with Gasteiger partial charge in [0, 0.05) is 36.5 Å². The van der Waals surface area contributed by atoms with Crippen molar-refractivity contribution in [3.8, 4) is 34.2 Å². The fourth-order valence-corrected chi connectivity index (χ4v) is 3.22. The van der Waals surface area contributed by atoms with Crippen molar-refractivity contribution in [2.45, 2.75) is 13.8 Å². The van der Waals surface area contributed by atoms with Crippen molar-refractivity contribution in [3.05, 3.63) is 42.6 Å². The summed E-state index contributed by atoms with van der Waals surface area (Å²) >= 11 is 0. The minimum absolute atomic E-state index is 0.591. The number of benzene rings is 2. The molecule has 0 saturated carbocycles. The Bertz CT molecular complexity index is 918. The van der Waals surface area contributed by atoms with Gasteiger partial charge in [-0.2, -0.15) is 0 Å². The minimum Gasteiger partial charge on any atom is -0.494 e. The lowest BCUT2D eigenvalue weighted by molar-refractivity contribution is 0.348. The topological polar surface area (TPSA) is 61.6 Å². The fraction of sp³-hybridized carbons (Fsp3) is 0.333. The predicted octanol–water partition coefficient (Wildman–Crippen LogP) is 3.81. The number of ether oxygens (including phenoxy) is 3. The standard InChI is InChI=1S/C21H26N4O3/c1-6-24(7-2)16-10-8-15(9-11-16)18-14-22-23-25(18)17-12-20(27-4)21(28-5)13-19(17)26-3/h8-14H,6-7H2,1-5H3. The zero-order valence-corrected chi connectivity index (χ0v) is 17.0. The van der Waals surface area contributed by atoms with Crippen LogP contribution in [0.15, 0.2) is 42.6 Å². The molecule has 0 aliphatic rings. The van der Waals surface area contributed by atoms with Gasteiger partial charge in [0.1, 0.15) is 11.4 Å². The molecule has 1 heterocycles. The van der Waals surface area contributed by atoms with Gasteiger partial charge in [-0.3, -0.25) is 0 Å². The van der Waals surface area contributed by atoms with Crippen LogP contribution in [0.3, 0.4) is 0 Å². The van der Waals surface area contributed by atoms with E-state index in [-0.39, 0.29) is 0 Å². The largest absolute Gasteiger partial charge is 0.494 e. The number of methoxy groups -OCH3 is 3. The summed E-state index contributed by atoms with van der Waals surface area (Å²) in [5.74, 6) is 1.80. The first-order valence-electron chi connectivity index (χ1n) is 9.23. The Labute approximate surface area is 165 Å². The third-order valence-corrected chi connectivity index (χ3v) is 4.75. The van der Waals surface area contributed by atoms with E-state index in [2.05, 4.69) is 53.3 Å². The Kier molecular flexibility index (Phi) is 6.03. The van der Waals surface area contributed by atoms with E-state index in [1.807, 2.05) is 6.07 Å². The molecular formula is C21H26N4O3. The van der Waals surface area contributed by atoms with Crippen LogP contribution in [0.5, 0.6) is 17.2 Å². The van der Waals surface area contributed by atoms with Crippen molar-refractivity contribution < 1.29 is 14.2 Å². The Morgan fingerprint density at radius 1 is 0.857 bits per heavy atom. The molecule has 0 amide bonds. The lowest BCUT2D eigenvalue weighted by Gasteiger charge is -2.21. The Morgan fingerprint density at radius 2 is 1.46 bits per heavy atom. The third kappa shape index (κ3) is 3.60. The van der Waals surface area contributed by atoms with E-state index in [9.17, 15) is 0 Å².